The van der Waals surface area contributed by atoms with Crippen LogP contribution >= 0.6 is 0 Å². The zero-order valence-electron chi connectivity index (χ0n) is 15.1. The van der Waals surface area contributed by atoms with Gasteiger partial charge in [0, 0.05) is 25.5 Å². The average Bonchev–Trinajstić information content (AvgIpc) is 2.69. The van der Waals surface area contributed by atoms with Gasteiger partial charge in [-0.05, 0) is 48.5 Å². The molecule has 3 aromatic rings. The van der Waals surface area contributed by atoms with Crippen molar-refractivity contribution in [2.75, 3.05) is 29.6 Å². The minimum absolute atomic E-state index is 0.274. The number of pyridine rings is 1. The average molecular weight is 357 g/mol. The molecule has 6 nitrogen and oxygen atoms in total. The van der Waals surface area contributed by atoms with Crippen LogP contribution in [0, 0.1) is 11.3 Å². The molecule has 1 amide bonds. The third-order valence-corrected chi connectivity index (χ3v) is 3.96. The first-order valence-corrected chi connectivity index (χ1v) is 8.38. The molecule has 1 aromatic heterocycles. The minimum atomic E-state index is -0.361. The Morgan fingerprint density at radius 3 is 2.33 bits per heavy atom. The Kier molecular flexibility index (Phi) is 5.33. The number of hydrogen-bond acceptors (Lipinski definition) is 5. The highest BCUT2D eigenvalue weighted by molar-refractivity contribution is 6.03. The maximum Gasteiger partial charge on any atom is 0.274 e. The lowest BCUT2D eigenvalue weighted by Crippen LogP contribution is -2.14. The van der Waals surface area contributed by atoms with Crippen molar-refractivity contribution in [1.82, 2.24) is 4.98 Å². The molecule has 0 aliphatic heterocycles. The number of carbonyl (C=O) groups excluding carboxylic acids is 1. The lowest BCUT2D eigenvalue weighted by Gasteiger charge is -2.13. The van der Waals surface area contributed by atoms with Crippen LogP contribution in [-0.2, 0) is 0 Å². The number of benzene rings is 2. The van der Waals surface area contributed by atoms with Crippen molar-refractivity contribution >= 4 is 28.7 Å². The molecule has 3 rings (SSSR count). The number of aromatic nitrogens is 1. The third-order valence-electron chi connectivity index (χ3n) is 3.96. The molecule has 0 unspecified atom stereocenters. The first-order valence-electron chi connectivity index (χ1n) is 8.38. The quantitative estimate of drug-likeness (QED) is 0.721. The van der Waals surface area contributed by atoms with E-state index in [1.54, 1.807) is 42.6 Å². The zero-order valence-corrected chi connectivity index (χ0v) is 15.1. The molecular weight excluding hydrogens is 338 g/mol. The SMILES string of the molecule is CN(C)c1ccc(Nc2ccc(C(=O)Nc3ccccc3C#N)nc2)cc1. The molecule has 2 N–H and O–H groups in total. The maximum atomic E-state index is 12.3. The van der Waals surface area contributed by atoms with Gasteiger partial charge in [-0.1, -0.05) is 12.1 Å². The highest BCUT2D eigenvalue weighted by Crippen LogP contribution is 2.20. The maximum absolute atomic E-state index is 12.3. The Balaban J connectivity index is 1.67. The molecule has 0 aliphatic rings. The van der Waals surface area contributed by atoms with Crippen LogP contribution in [0.5, 0.6) is 0 Å². The number of rotatable bonds is 5. The highest BCUT2D eigenvalue weighted by Gasteiger charge is 2.10. The van der Waals surface area contributed by atoms with Crippen LogP contribution < -0.4 is 15.5 Å². The van der Waals surface area contributed by atoms with Gasteiger partial charge in [0.15, 0.2) is 0 Å². The predicted molar refractivity (Wildman–Crippen MR) is 107 cm³/mol. The Hall–Kier alpha value is -3.85. The Labute approximate surface area is 158 Å². The van der Waals surface area contributed by atoms with Crippen molar-refractivity contribution in [2.24, 2.45) is 0 Å². The van der Waals surface area contributed by atoms with E-state index in [1.807, 2.05) is 43.3 Å². The van der Waals surface area contributed by atoms with Crippen LogP contribution in [0.1, 0.15) is 16.1 Å². The van der Waals surface area contributed by atoms with Gasteiger partial charge < -0.3 is 15.5 Å². The van der Waals surface area contributed by atoms with Crippen molar-refractivity contribution in [3.63, 3.8) is 0 Å². The van der Waals surface area contributed by atoms with E-state index in [4.69, 9.17) is 5.26 Å². The molecule has 0 bridgehead atoms. The Morgan fingerprint density at radius 2 is 1.70 bits per heavy atom. The topological polar surface area (TPSA) is 81.0 Å². The molecule has 1 heterocycles. The summed E-state index contributed by atoms with van der Waals surface area (Å²) in [6.07, 6.45) is 1.60. The van der Waals surface area contributed by atoms with E-state index < -0.39 is 0 Å². The van der Waals surface area contributed by atoms with Crippen molar-refractivity contribution < 1.29 is 4.79 Å². The van der Waals surface area contributed by atoms with Crippen molar-refractivity contribution in [1.29, 1.82) is 5.26 Å². The Bertz CT molecular complexity index is 973. The van der Waals surface area contributed by atoms with Crippen LogP contribution in [-0.4, -0.2) is 25.0 Å². The van der Waals surface area contributed by atoms with Crippen LogP contribution in [0.3, 0.4) is 0 Å². The smallest absolute Gasteiger partial charge is 0.274 e. The molecule has 0 saturated carbocycles. The molecule has 0 spiro atoms. The van der Waals surface area contributed by atoms with Gasteiger partial charge in [0.1, 0.15) is 11.8 Å². The van der Waals surface area contributed by atoms with Gasteiger partial charge in [0.2, 0.25) is 0 Å². The normalized spacial score (nSPS) is 9.96. The van der Waals surface area contributed by atoms with Crippen molar-refractivity contribution in [2.45, 2.75) is 0 Å². The second kappa shape index (κ2) is 8.02. The molecule has 6 heteroatoms. The molecule has 0 atom stereocenters. The molecule has 2 aromatic carbocycles. The van der Waals surface area contributed by atoms with Gasteiger partial charge in [0.25, 0.3) is 5.91 Å². The predicted octanol–water partition coefficient (Wildman–Crippen LogP) is 4.02. The molecule has 0 radical (unpaired) electrons. The van der Waals surface area contributed by atoms with Crippen LogP contribution in [0.2, 0.25) is 0 Å². The fourth-order valence-corrected chi connectivity index (χ4v) is 2.49. The van der Waals surface area contributed by atoms with Crippen LogP contribution in [0.15, 0.2) is 66.9 Å². The van der Waals surface area contributed by atoms with Gasteiger partial charge in [-0.2, -0.15) is 5.26 Å². The number of anilines is 4. The number of nitrogens with one attached hydrogen (secondary N) is 2. The van der Waals surface area contributed by atoms with Crippen LogP contribution in [0.25, 0.3) is 0 Å². The second-order valence-corrected chi connectivity index (χ2v) is 6.11. The number of carbonyl (C=O) groups is 1. The number of hydrogen-bond donors (Lipinski definition) is 2. The number of para-hydroxylation sites is 1. The van der Waals surface area contributed by atoms with E-state index in [2.05, 4.69) is 21.7 Å². The first kappa shape index (κ1) is 18.0. The zero-order chi connectivity index (χ0) is 19.2. The van der Waals surface area contributed by atoms with E-state index in [0.29, 0.717) is 11.3 Å². The number of nitriles is 1. The summed E-state index contributed by atoms with van der Waals surface area (Å²) in [4.78, 5) is 18.6. The third kappa shape index (κ3) is 4.41. The largest absolute Gasteiger partial charge is 0.378 e. The summed E-state index contributed by atoms with van der Waals surface area (Å²) >= 11 is 0. The highest BCUT2D eigenvalue weighted by atomic mass is 16.1. The monoisotopic (exact) mass is 357 g/mol. The summed E-state index contributed by atoms with van der Waals surface area (Å²) in [5.74, 6) is -0.361. The standard InChI is InChI=1S/C21H19N5O/c1-26(2)18-10-7-16(8-11-18)24-17-9-12-20(23-14-17)21(27)25-19-6-4-3-5-15(19)13-22/h3-12,14,24H,1-2H3,(H,25,27). The van der Waals surface area contributed by atoms with E-state index in [0.717, 1.165) is 17.1 Å². The molecular formula is C21H19N5O. The lowest BCUT2D eigenvalue weighted by atomic mass is 10.2. The fourth-order valence-electron chi connectivity index (χ4n) is 2.49. The molecule has 0 fully saturated rings. The summed E-state index contributed by atoms with van der Waals surface area (Å²) in [7, 11) is 3.98. The van der Waals surface area contributed by atoms with Crippen LogP contribution in [0.4, 0.5) is 22.7 Å². The summed E-state index contributed by atoms with van der Waals surface area (Å²) in [5.41, 5.74) is 3.98. The molecule has 0 saturated heterocycles. The molecule has 0 aliphatic carbocycles. The summed E-state index contributed by atoms with van der Waals surface area (Å²) < 4.78 is 0. The molecule has 27 heavy (non-hydrogen) atoms. The van der Waals surface area contributed by atoms with E-state index >= 15 is 0 Å². The molecule has 134 valence electrons. The summed E-state index contributed by atoms with van der Waals surface area (Å²) in [6.45, 7) is 0. The number of nitrogens with zero attached hydrogens (tertiary/aromatic N) is 3. The lowest BCUT2D eigenvalue weighted by molar-refractivity contribution is 0.102. The fraction of sp³-hybridized carbons (Fsp3) is 0.0952. The van der Waals surface area contributed by atoms with Gasteiger partial charge in [-0.25, -0.2) is 4.98 Å². The van der Waals surface area contributed by atoms with Gasteiger partial charge >= 0.3 is 0 Å². The van der Waals surface area contributed by atoms with Gasteiger partial charge in [-0.3, -0.25) is 4.79 Å². The number of amides is 1. The second-order valence-electron chi connectivity index (χ2n) is 6.11. The van der Waals surface area contributed by atoms with Crippen molar-refractivity contribution in [3.8, 4) is 6.07 Å². The summed E-state index contributed by atoms with van der Waals surface area (Å²) in [6, 6.07) is 20.3. The van der Waals surface area contributed by atoms with E-state index in [9.17, 15) is 4.79 Å². The summed E-state index contributed by atoms with van der Waals surface area (Å²) in [5, 5.41) is 15.1. The Morgan fingerprint density at radius 1 is 1.00 bits per heavy atom. The van der Waals surface area contributed by atoms with Gasteiger partial charge in [-0.15, -0.1) is 0 Å². The first-order chi connectivity index (χ1) is 13.1. The van der Waals surface area contributed by atoms with Crippen molar-refractivity contribution in [3.05, 3.63) is 78.1 Å². The van der Waals surface area contributed by atoms with E-state index in [1.165, 1.54) is 0 Å². The van der Waals surface area contributed by atoms with E-state index in [-0.39, 0.29) is 11.6 Å². The minimum Gasteiger partial charge on any atom is -0.378 e. The van der Waals surface area contributed by atoms with Gasteiger partial charge in [0.05, 0.1) is 23.1 Å².